The molecule has 10 heteroatoms. The number of halogens is 3. The van der Waals surface area contributed by atoms with Crippen molar-refractivity contribution >= 4 is 15.9 Å². The maximum absolute atomic E-state index is 13.0. The van der Waals surface area contributed by atoms with E-state index in [0.29, 0.717) is 13.1 Å². The Kier molecular flexibility index (Phi) is 6.67. The Morgan fingerprint density at radius 2 is 1.63 bits per heavy atom. The van der Waals surface area contributed by atoms with Crippen LogP contribution in [0.3, 0.4) is 0 Å². The number of amides is 1. The Morgan fingerprint density at radius 1 is 1.00 bits per heavy atom. The Balaban J connectivity index is 1.80. The minimum Gasteiger partial charge on any atom is -0.405 e. The summed E-state index contributed by atoms with van der Waals surface area (Å²) >= 11 is 0. The summed E-state index contributed by atoms with van der Waals surface area (Å²) in [5, 5.41) is 2.49. The average molecular weight is 442 g/mol. The first kappa shape index (κ1) is 22.1. The molecule has 3 rings (SSSR count). The molecule has 2 aromatic rings. The largest absolute Gasteiger partial charge is 0.573 e. The normalized spacial score (nSPS) is 15.6. The molecule has 1 heterocycles. The second kappa shape index (κ2) is 9.05. The number of hydrogen-bond donors (Lipinski definition) is 1. The van der Waals surface area contributed by atoms with Crippen LogP contribution in [0.1, 0.15) is 35.2 Å². The quantitative estimate of drug-likeness (QED) is 0.741. The standard InChI is InChI=1S/C20H21F3N2O4S/c21-20(22,23)29-17-10-4-2-8-15(17)14-24-19(26)16-9-3-5-11-18(16)30(27,28)25-12-6-1-7-13-25/h2-5,8-11H,1,6-7,12-14H2,(H,24,26). The maximum Gasteiger partial charge on any atom is 0.573 e. The minimum absolute atomic E-state index is 0.0581. The topological polar surface area (TPSA) is 75.7 Å². The van der Waals surface area contributed by atoms with Gasteiger partial charge in [-0.25, -0.2) is 8.42 Å². The van der Waals surface area contributed by atoms with E-state index in [1.165, 1.54) is 46.8 Å². The number of alkyl halides is 3. The first-order chi connectivity index (χ1) is 14.2. The lowest BCUT2D eigenvalue weighted by molar-refractivity contribution is -0.274. The lowest BCUT2D eigenvalue weighted by Gasteiger charge is -2.26. The van der Waals surface area contributed by atoms with Gasteiger partial charge < -0.3 is 10.1 Å². The first-order valence-corrected chi connectivity index (χ1v) is 10.8. The van der Waals surface area contributed by atoms with Crippen molar-refractivity contribution in [2.75, 3.05) is 13.1 Å². The smallest absolute Gasteiger partial charge is 0.405 e. The molecule has 0 aliphatic carbocycles. The third kappa shape index (κ3) is 5.31. The summed E-state index contributed by atoms with van der Waals surface area (Å²) in [5.74, 6) is -1.13. The van der Waals surface area contributed by atoms with Crippen molar-refractivity contribution in [1.82, 2.24) is 9.62 Å². The molecular weight excluding hydrogens is 421 g/mol. The fourth-order valence-corrected chi connectivity index (χ4v) is 4.97. The molecule has 162 valence electrons. The molecule has 0 atom stereocenters. The lowest BCUT2D eigenvalue weighted by Crippen LogP contribution is -2.37. The second-order valence-corrected chi connectivity index (χ2v) is 8.71. The highest BCUT2D eigenvalue weighted by molar-refractivity contribution is 7.89. The van der Waals surface area contributed by atoms with Gasteiger partial charge in [0.05, 0.1) is 10.5 Å². The van der Waals surface area contributed by atoms with E-state index in [9.17, 15) is 26.4 Å². The Morgan fingerprint density at radius 3 is 2.33 bits per heavy atom. The van der Waals surface area contributed by atoms with Gasteiger partial charge in [0.1, 0.15) is 5.75 Å². The molecule has 0 saturated carbocycles. The van der Waals surface area contributed by atoms with E-state index < -0.39 is 28.0 Å². The lowest BCUT2D eigenvalue weighted by atomic mass is 10.1. The number of para-hydroxylation sites is 1. The van der Waals surface area contributed by atoms with Crippen LogP contribution >= 0.6 is 0 Å². The van der Waals surface area contributed by atoms with Crippen LogP contribution in [0.2, 0.25) is 0 Å². The van der Waals surface area contributed by atoms with E-state index in [1.54, 1.807) is 0 Å². The van der Waals surface area contributed by atoms with E-state index in [0.717, 1.165) is 25.3 Å². The van der Waals surface area contributed by atoms with Gasteiger partial charge >= 0.3 is 6.36 Å². The number of piperidine rings is 1. The van der Waals surface area contributed by atoms with Crippen LogP contribution in [-0.2, 0) is 16.6 Å². The van der Waals surface area contributed by atoms with Gasteiger partial charge in [-0.15, -0.1) is 13.2 Å². The number of carbonyl (C=O) groups is 1. The molecule has 0 radical (unpaired) electrons. The van der Waals surface area contributed by atoms with E-state index in [2.05, 4.69) is 10.1 Å². The van der Waals surface area contributed by atoms with Crippen molar-refractivity contribution in [3.63, 3.8) is 0 Å². The van der Waals surface area contributed by atoms with Crippen molar-refractivity contribution < 1.29 is 31.1 Å². The third-order valence-electron chi connectivity index (χ3n) is 4.70. The molecular formula is C20H21F3N2O4S. The molecule has 1 N–H and O–H groups in total. The van der Waals surface area contributed by atoms with Gasteiger partial charge in [0.2, 0.25) is 10.0 Å². The van der Waals surface area contributed by atoms with Gasteiger partial charge in [-0.1, -0.05) is 36.8 Å². The van der Waals surface area contributed by atoms with Crippen LogP contribution in [0, 0.1) is 0 Å². The van der Waals surface area contributed by atoms with Crippen LogP contribution in [0.15, 0.2) is 53.4 Å². The summed E-state index contributed by atoms with van der Waals surface area (Å²) in [7, 11) is -3.85. The number of carbonyl (C=O) groups excluding carboxylic acids is 1. The van der Waals surface area contributed by atoms with Crippen molar-refractivity contribution in [3.8, 4) is 5.75 Å². The van der Waals surface area contributed by atoms with Crippen LogP contribution in [-0.4, -0.2) is 38.1 Å². The Bertz CT molecular complexity index is 1000. The van der Waals surface area contributed by atoms with Crippen molar-refractivity contribution in [2.24, 2.45) is 0 Å². The van der Waals surface area contributed by atoms with E-state index in [4.69, 9.17) is 0 Å². The zero-order valence-electron chi connectivity index (χ0n) is 16.0. The molecule has 0 spiro atoms. The highest BCUT2D eigenvalue weighted by atomic mass is 32.2. The molecule has 1 fully saturated rings. The number of rotatable bonds is 6. The second-order valence-electron chi connectivity index (χ2n) is 6.80. The molecule has 0 bridgehead atoms. The van der Waals surface area contributed by atoms with Gasteiger partial charge in [-0.2, -0.15) is 4.31 Å². The number of hydrogen-bond acceptors (Lipinski definition) is 4. The van der Waals surface area contributed by atoms with Gasteiger partial charge in [0.25, 0.3) is 5.91 Å². The highest BCUT2D eigenvalue weighted by Crippen LogP contribution is 2.27. The summed E-state index contributed by atoms with van der Waals surface area (Å²) in [6.45, 7) is 0.518. The first-order valence-electron chi connectivity index (χ1n) is 9.39. The molecule has 6 nitrogen and oxygen atoms in total. The molecule has 1 saturated heterocycles. The predicted octanol–water partition coefficient (Wildman–Crippen LogP) is 3.69. The SMILES string of the molecule is O=C(NCc1ccccc1OC(F)(F)F)c1ccccc1S(=O)(=O)N1CCCCC1. The highest BCUT2D eigenvalue weighted by Gasteiger charge is 2.32. The van der Waals surface area contributed by atoms with E-state index in [1.807, 2.05) is 0 Å². The molecule has 1 aliphatic rings. The van der Waals surface area contributed by atoms with Crippen molar-refractivity contribution in [1.29, 1.82) is 0 Å². The summed E-state index contributed by atoms with van der Waals surface area (Å²) in [6, 6.07) is 11.2. The Labute approximate surface area is 172 Å². The van der Waals surface area contributed by atoms with Crippen LogP contribution in [0.5, 0.6) is 5.75 Å². The monoisotopic (exact) mass is 442 g/mol. The van der Waals surface area contributed by atoms with Gasteiger partial charge in [-0.05, 0) is 31.0 Å². The van der Waals surface area contributed by atoms with Gasteiger partial charge in [0, 0.05) is 25.2 Å². The summed E-state index contributed by atoms with van der Waals surface area (Å²) in [4.78, 5) is 12.6. The average Bonchev–Trinajstić information content (AvgIpc) is 2.72. The van der Waals surface area contributed by atoms with Crippen LogP contribution in [0.25, 0.3) is 0 Å². The molecule has 1 aliphatic heterocycles. The fourth-order valence-electron chi connectivity index (χ4n) is 3.27. The molecule has 2 aromatic carbocycles. The number of benzene rings is 2. The Hall–Kier alpha value is -2.59. The number of nitrogens with one attached hydrogen (secondary N) is 1. The van der Waals surface area contributed by atoms with Crippen molar-refractivity contribution in [3.05, 3.63) is 59.7 Å². The number of ether oxygens (including phenoxy) is 1. The van der Waals surface area contributed by atoms with E-state index >= 15 is 0 Å². The molecule has 30 heavy (non-hydrogen) atoms. The zero-order valence-corrected chi connectivity index (χ0v) is 16.8. The summed E-state index contributed by atoms with van der Waals surface area (Å²) in [5.41, 5.74) is 0.0526. The van der Waals surface area contributed by atoms with Crippen LogP contribution in [0.4, 0.5) is 13.2 Å². The number of sulfonamides is 1. The fraction of sp³-hybridized carbons (Fsp3) is 0.350. The minimum atomic E-state index is -4.87. The summed E-state index contributed by atoms with van der Waals surface area (Å²) in [6.07, 6.45) is -2.41. The molecule has 0 aromatic heterocycles. The molecule has 0 unspecified atom stereocenters. The van der Waals surface area contributed by atoms with Gasteiger partial charge in [-0.3, -0.25) is 4.79 Å². The zero-order chi connectivity index (χ0) is 21.8. The third-order valence-corrected chi connectivity index (χ3v) is 6.66. The summed E-state index contributed by atoms with van der Waals surface area (Å²) < 4.78 is 69.0. The van der Waals surface area contributed by atoms with Gasteiger partial charge in [0.15, 0.2) is 0 Å². The van der Waals surface area contributed by atoms with Crippen LogP contribution < -0.4 is 10.1 Å². The molecule has 1 amide bonds. The number of nitrogens with zero attached hydrogens (tertiary/aromatic N) is 1. The predicted molar refractivity (Wildman–Crippen MR) is 103 cm³/mol. The van der Waals surface area contributed by atoms with Crippen molar-refractivity contribution in [2.45, 2.75) is 37.1 Å². The van der Waals surface area contributed by atoms with E-state index in [-0.39, 0.29) is 22.6 Å². The maximum atomic E-state index is 13.0.